The number of rotatable bonds is 9. The molecule has 8 heteroatoms. The quantitative estimate of drug-likeness (QED) is 0.0819. The number of hydrogen-bond donors (Lipinski definition) is 0. The largest absolute Gasteiger partial charge is 0.509 e. The number of fused-ring (bicyclic) bond motifs is 7. The first-order valence-electron chi connectivity index (χ1n) is 29.9. The molecule has 0 N–H and O–H groups in total. The number of hydrogen-bond acceptors (Lipinski definition) is 4. The molecule has 0 saturated heterocycles. The van der Waals surface area contributed by atoms with Crippen molar-refractivity contribution in [3.05, 3.63) is 199 Å². The summed E-state index contributed by atoms with van der Waals surface area (Å²) in [4.78, 5) is 10.2. The summed E-state index contributed by atoms with van der Waals surface area (Å²) in [6, 6.07) is 65.4. The molecule has 8 aromatic carbocycles. The van der Waals surface area contributed by atoms with Crippen LogP contribution in [0.3, 0.4) is 0 Å². The third-order valence-electron chi connectivity index (χ3n) is 19.3. The Balaban J connectivity index is 0.00000631. The van der Waals surface area contributed by atoms with E-state index in [1.807, 2.05) is 0 Å². The van der Waals surface area contributed by atoms with Gasteiger partial charge >= 0.3 is 0 Å². The average molecular weight is 1290 g/mol. The average Bonchev–Trinajstić information content (AvgIpc) is 2.90. The summed E-state index contributed by atoms with van der Waals surface area (Å²) in [5, 5.41) is 10.7. The van der Waals surface area contributed by atoms with Gasteiger partial charge in [0, 0.05) is 66.8 Å². The van der Waals surface area contributed by atoms with E-state index in [-0.39, 0.29) is 37.3 Å². The molecule has 2 aromatic heterocycles. The Labute approximate surface area is 503 Å². The summed E-state index contributed by atoms with van der Waals surface area (Å²) in [6.07, 6.45) is 8.66. The predicted octanol–water partition coefficient (Wildman–Crippen LogP) is 18.7. The Bertz CT molecular complexity index is 4110. The Morgan fingerprint density at radius 2 is 1.18 bits per heavy atom. The van der Waals surface area contributed by atoms with Crippen molar-refractivity contribution in [1.29, 1.82) is 0 Å². The van der Waals surface area contributed by atoms with Crippen molar-refractivity contribution in [2.75, 3.05) is 9.80 Å². The van der Waals surface area contributed by atoms with Crippen LogP contribution in [0.15, 0.2) is 158 Å². The van der Waals surface area contributed by atoms with Crippen LogP contribution in [0.2, 0.25) is 39.3 Å². The standard InChI is InChI=1S/C74H77N4OSi2.Pt/c1-72(2,3)50-28-32-64-62(42-50)61-31-29-56(79-57-41-52(73(4,5)6)40-55(44-57)76-46-77(66-24-16-15-23-65(66)76)71-68(80(7,8)9)25-18-26-69(71)81(10,11)12)45-67(61)78(64)70-43-51(33-34-75-70)74(53-36-47-35-48(38-53)39-54(74)37-47)63-22-17-21-59-58-20-14-13-19-49(58)27-30-60(59)63;/h13-34,40-43,46-48,53-54H,35-39H2,1-12H3;/q-3;. The molecular weight excluding hydrogens is 1210 g/mol. The fourth-order valence-corrected chi connectivity index (χ4v) is 18.9. The van der Waals surface area contributed by atoms with Gasteiger partial charge in [0.15, 0.2) is 0 Å². The third-order valence-corrected chi connectivity index (χ3v) is 23.4. The first-order chi connectivity index (χ1) is 38.6. The van der Waals surface area contributed by atoms with Crippen molar-refractivity contribution in [2.45, 2.75) is 129 Å². The number of anilines is 4. The van der Waals surface area contributed by atoms with Crippen molar-refractivity contribution in [3.8, 4) is 17.3 Å². The predicted molar refractivity (Wildman–Crippen MR) is 347 cm³/mol. The number of para-hydroxylation sites is 3. The molecule has 0 radical (unpaired) electrons. The number of pyridine rings is 1. The molecule has 3 heterocycles. The molecular formula is C74H77N4OPtSi2-3. The SMILES string of the molecule is CC(C)(C)c1cc(Oc2[c-]c3c(cc2)c2cc(C(C)(C)C)ccc2n3-c2cc(C3(c4cccc5c4ccc4ccccc45)C4CC5CC(C4)CC3C5)ccn2)[c-]c(N2[CH-]N(c3c([Si](C)(C)C)cccc3[Si](C)(C)C)c3ccccc32)c1.[Pt]. The zero-order chi connectivity index (χ0) is 56.1. The van der Waals surface area contributed by atoms with Crippen molar-refractivity contribution in [2.24, 2.45) is 23.7 Å². The monoisotopic (exact) mass is 1290 g/mol. The molecule has 10 aromatic rings. The van der Waals surface area contributed by atoms with E-state index in [4.69, 9.17) is 9.72 Å². The van der Waals surface area contributed by atoms with Gasteiger partial charge in [0.2, 0.25) is 0 Å². The van der Waals surface area contributed by atoms with Gasteiger partial charge in [-0.05, 0) is 151 Å². The number of aromatic nitrogens is 2. The van der Waals surface area contributed by atoms with Gasteiger partial charge in [0.05, 0.1) is 16.1 Å². The van der Waals surface area contributed by atoms with E-state index >= 15 is 0 Å². The normalized spacial score (nSPS) is 20.8. The Morgan fingerprint density at radius 3 is 1.87 bits per heavy atom. The molecule has 4 aliphatic carbocycles. The van der Waals surface area contributed by atoms with Gasteiger partial charge < -0.3 is 19.1 Å². The van der Waals surface area contributed by atoms with Crippen LogP contribution in [0.25, 0.3) is 49.2 Å². The molecule has 15 rings (SSSR count). The van der Waals surface area contributed by atoms with Crippen LogP contribution in [-0.4, -0.2) is 25.7 Å². The topological polar surface area (TPSA) is 33.5 Å². The van der Waals surface area contributed by atoms with Gasteiger partial charge in [-0.25, -0.2) is 4.98 Å². The van der Waals surface area contributed by atoms with Gasteiger partial charge in [-0.15, -0.1) is 53.6 Å². The van der Waals surface area contributed by atoms with Crippen molar-refractivity contribution in [1.82, 2.24) is 9.55 Å². The smallest absolute Gasteiger partial charge is 0.135 e. The maximum absolute atomic E-state index is 7.16. The van der Waals surface area contributed by atoms with Gasteiger partial charge in [0.25, 0.3) is 0 Å². The first kappa shape index (κ1) is 55.0. The van der Waals surface area contributed by atoms with E-state index < -0.39 is 16.1 Å². The molecule has 420 valence electrons. The van der Waals surface area contributed by atoms with E-state index in [1.165, 1.54) is 103 Å². The molecule has 5 aliphatic rings. The van der Waals surface area contributed by atoms with Crippen LogP contribution in [-0.2, 0) is 37.3 Å². The summed E-state index contributed by atoms with van der Waals surface area (Å²) in [7, 11) is -3.56. The number of ether oxygens (including phenoxy) is 1. The fourth-order valence-electron chi connectivity index (χ4n) is 15.6. The van der Waals surface area contributed by atoms with Gasteiger partial charge in [-0.2, -0.15) is 6.07 Å². The van der Waals surface area contributed by atoms with E-state index in [0.29, 0.717) is 23.3 Å². The van der Waals surface area contributed by atoms with E-state index in [2.05, 4.69) is 272 Å². The van der Waals surface area contributed by atoms with Gasteiger partial charge in [0.1, 0.15) is 5.82 Å². The molecule has 5 nitrogen and oxygen atoms in total. The maximum Gasteiger partial charge on any atom is 0.135 e. The van der Waals surface area contributed by atoms with Crippen LogP contribution >= 0.6 is 0 Å². The summed E-state index contributed by atoms with van der Waals surface area (Å²) in [6.45, 7) is 30.9. The zero-order valence-corrected chi connectivity index (χ0v) is 54.2. The molecule has 0 spiro atoms. The summed E-state index contributed by atoms with van der Waals surface area (Å²) in [5.41, 5.74) is 11.7. The van der Waals surface area contributed by atoms with Gasteiger partial charge in [-0.1, -0.05) is 183 Å². The molecule has 1 aliphatic heterocycles. The van der Waals surface area contributed by atoms with Crippen LogP contribution in [0.5, 0.6) is 11.5 Å². The molecule has 0 atom stereocenters. The zero-order valence-electron chi connectivity index (χ0n) is 49.9. The molecule has 0 amide bonds. The van der Waals surface area contributed by atoms with Crippen LogP contribution in [0.4, 0.5) is 22.7 Å². The Kier molecular flexibility index (Phi) is 13.2. The number of benzene rings is 8. The summed E-state index contributed by atoms with van der Waals surface area (Å²) in [5.74, 6) is 4.98. The first-order valence-corrected chi connectivity index (χ1v) is 36.9. The number of nitrogens with zero attached hydrogens (tertiary/aromatic N) is 4. The molecule has 4 bridgehead atoms. The van der Waals surface area contributed by atoms with E-state index in [0.717, 1.165) is 45.4 Å². The van der Waals surface area contributed by atoms with Crippen LogP contribution in [0, 0.1) is 42.5 Å². The second-order valence-corrected chi connectivity index (χ2v) is 38.8. The minimum Gasteiger partial charge on any atom is -0.509 e. The Morgan fingerprint density at radius 1 is 0.549 bits per heavy atom. The van der Waals surface area contributed by atoms with Crippen LogP contribution in [0.1, 0.15) is 95.9 Å². The fraction of sp³-hybridized carbons (Fsp3) is 0.324. The second kappa shape index (κ2) is 19.7. The summed E-state index contributed by atoms with van der Waals surface area (Å²) < 4.78 is 9.54. The molecule has 4 saturated carbocycles. The Hall–Kier alpha value is -6.25. The van der Waals surface area contributed by atoms with Crippen molar-refractivity contribution < 1.29 is 25.8 Å². The minimum absolute atomic E-state index is 0. The molecule has 82 heavy (non-hydrogen) atoms. The molecule has 0 unspecified atom stereocenters. The van der Waals surface area contributed by atoms with E-state index in [1.54, 1.807) is 0 Å². The second-order valence-electron chi connectivity index (χ2n) is 28.7. The van der Waals surface area contributed by atoms with Crippen LogP contribution < -0.4 is 24.9 Å². The summed E-state index contributed by atoms with van der Waals surface area (Å²) >= 11 is 0. The van der Waals surface area contributed by atoms with Crippen molar-refractivity contribution >= 4 is 92.6 Å². The van der Waals surface area contributed by atoms with Crippen molar-refractivity contribution in [3.63, 3.8) is 0 Å². The van der Waals surface area contributed by atoms with Gasteiger partial charge in [-0.3, -0.25) is 0 Å². The minimum atomic E-state index is -1.78. The van der Waals surface area contributed by atoms with E-state index in [9.17, 15) is 0 Å². The maximum atomic E-state index is 7.16. The molecule has 4 fully saturated rings. The third kappa shape index (κ3) is 8.96.